The van der Waals surface area contributed by atoms with Gasteiger partial charge in [-0.15, -0.1) is 0 Å². The minimum atomic E-state index is 0.426. The van der Waals surface area contributed by atoms with Crippen molar-refractivity contribution >= 4 is 17.1 Å². The quantitative estimate of drug-likeness (QED) is 0.858. The molecule has 2 rings (SSSR count). The SMILES string of the molecule is CC(C)Nc1ccccc1N(C)c1ccccc1. The molecule has 0 heterocycles. The van der Waals surface area contributed by atoms with Gasteiger partial charge in [-0.25, -0.2) is 0 Å². The average molecular weight is 240 g/mol. The molecule has 0 spiro atoms. The van der Waals surface area contributed by atoms with E-state index < -0.39 is 0 Å². The van der Waals surface area contributed by atoms with Crippen LogP contribution in [-0.2, 0) is 0 Å². The Balaban J connectivity index is 2.33. The van der Waals surface area contributed by atoms with Crippen LogP contribution in [0.2, 0.25) is 0 Å². The van der Waals surface area contributed by atoms with E-state index >= 15 is 0 Å². The van der Waals surface area contributed by atoms with Crippen LogP contribution in [0.1, 0.15) is 13.8 Å². The first-order valence-electron chi connectivity index (χ1n) is 6.33. The van der Waals surface area contributed by atoms with Gasteiger partial charge in [0.15, 0.2) is 0 Å². The minimum Gasteiger partial charge on any atom is -0.381 e. The highest BCUT2D eigenvalue weighted by Crippen LogP contribution is 2.30. The van der Waals surface area contributed by atoms with Gasteiger partial charge in [0.25, 0.3) is 0 Å². The molecule has 0 aliphatic heterocycles. The van der Waals surface area contributed by atoms with Crippen molar-refractivity contribution in [3.63, 3.8) is 0 Å². The topological polar surface area (TPSA) is 15.3 Å². The summed E-state index contributed by atoms with van der Waals surface area (Å²) in [5.74, 6) is 0. The van der Waals surface area contributed by atoms with Gasteiger partial charge < -0.3 is 10.2 Å². The number of rotatable bonds is 4. The van der Waals surface area contributed by atoms with Crippen LogP contribution >= 0.6 is 0 Å². The standard InChI is InChI=1S/C16H20N2/c1-13(2)17-15-11-7-8-12-16(15)18(3)14-9-5-4-6-10-14/h4-13,17H,1-3H3. The van der Waals surface area contributed by atoms with E-state index in [2.05, 4.69) is 79.6 Å². The van der Waals surface area contributed by atoms with Crippen molar-refractivity contribution in [3.8, 4) is 0 Å². The maximum atomic E-state index is 3.48. The first-order chi connectivity index (χ1) is 8.68. The zero-order valence-electron chi connectivity index (χ0n) is 11.2. The molecule has 0 saturated carbocycles. The normalized spacial score (nSPS) is 10.4. The van der Waals surface area contributed by atoms with Crippen molar-refractivity contribution in [2.45, 2.75) is 19.9 Å². The molecule has 2 heteroatoms. The molecule has 1 N–H and O–H groups in total. The van der Waals surface area contributed by atoms with Gasteiger partial charge in [-0.05, 0) is 38.1 Å². The fourth-order valence-electron chi connectivity index (χ4n) is 1.99. The van der Waals surface area contributed by atoms with Crippen molar-refractivity contribution in [1.82, 2.24) is 0 Å². The molecular weight excluding hydrogens is 220 g/mol. The van der Waals surface area contributed by atoms with Gasteiger partial charge in [0.1, 0.15) is 0 Å². The van der Waals surface area contributed by atoms with Crippen molar-refractivity contribution < 1.29 is 0 Å². The third-order valence-electron chi connectivity index (χ3n) is 2.85. The smallest absolute Gasteiger partial charge is 0.0643 e. The molecule has 0 saturated heterocycles. The Morgan fingerprint density at radius 1 is 0.889 bits per heavy atom. The Morgan fingerprint density at radius 3 is 2.17 bits per heavy atom. The Labute approximate surface area is 109 Å². The lowest BCUT2D eigenvalue weighted by Gasteiger charge is -2.24. The van der Waals surface area contributed by atoms with Gasteiger partial charge >= 0.3 is 0 Å². The number of benzene rings is 2. The summed E-state index contributed by atoms with van der Waals surface area (Å²) in [6.07, 6.45) is 0. The first-order valence-corrected chi connectivity index (χ1v) is 6.33. The summed E-state index contributed by atoms with van der Waals surface area (Å²) in [6, 6.07) is 19.2. The molecule has 0 aromatic heterocycles. The molecule has 2 aromatic rings. The molecule has 0 atom stereocenters. The summed E-state index contributed by atoms with van der Waals surface area (Å²) in [6.45, 7) is 4.30. The molecule has 2 aromatic carbocycles. The summed E-state index contributed by atoms with van der Waals surface area (Å²) in [7, 11) is 2.09. The Bertz CT molecular complexity index is 491. The third kappa shape index (κ3) is 2.83. The average Bonchev–Trinajstić information content (AvgIpc) is 2.39. The van der Waals surface area contributed by atoms with Gasteiger partial charge in [0.05, 0.1) is 11.4 Å². The fraction of sp³-hybridized carbons (Fsp3) is 0.250. The van der Waals surface area contributed by atoms with Crippen LogP contribution < -0.4 is 10.2 Å². The Kier molecular flexibility index (Phi) is 3.88. The number of para-hydroxylation sites is 3. The Hall–Kier alpha value is -1.96. The van der Waals surface area contributed by atoms with Crippen LogP contribution in [0.5, 0.6) is 0 Å². The van der Waals surface area contributed by atoms with Crippen molar-refractivity contribution in [1.29, 1.82) is 0 Å². The number of hydrogen-bond acceptors (Lipinski definition) is 2. The molecule has 94 valence electrons. The molecule has 0 fully saturated rings. The first kappa shape index (κ1) is 12.5. The summed E-state index contributed by atoms with van der Waals surface area (Å²) in [4.78, 5) is 2.20. The summed E-state index contributed by atoms with van der Waals surface area (Å²) >= 11 is 0. The van der Waals surface area contributed by atoms with Crippen LogP contribution in [-0.4, -0.2) is 13.1 Å². The maximum absolute atomic E-state index is 3.48. The lowest BCUT2D eigenvalue weighted by molar-refractivity contribution is 0.898. The van der Waals surface area contributed by atoms with E-state index in [1.807, 2.05) is 6.07 Å². The van der Waals surface area contributed by atoms with E-state index in [-0.39, 0.29) is 0 Å². The summed E-state index contributed by atoms with van der Waals surface area (Å²) in [5, 5.41) is 3.48. The van der Waals surface area contributed by atoms with Gasteiger partial charge in [0, 0.05) is 18.8 Å². The highest BCUT2D eigenvalue weighted by atomic mass is 15.1. The molecule has 0 bridgehead atoms. The second-order valence-electron chi connectivity index (χ2n) is 4.71. The Morgan fingerprint density at radius 2 is 1.50 bits per heavy atom. The van der Waals surface area contributed by atoms with Gasteiger partial charge in [-0.2, -0.15) is 0 Å². The van der Waals surface area contributed by atoms with Crippen LogP contribution in [0, 0.1) is 0 Å². The number of nitrogens with one attached hydrogen (secondary N) is 1. The second-order valence-corrected chi connectivity index (χ2v) is 4.71. The van der Waals surface area contributed by atoms with Crippen LogP contribution in [0.3, 0.4) is 0 Å². The lowest BCUT2D eigenvalue weighted by atomic mass is 10.2. The lowest BCUT2D eigenvalue weighted by Crippen LogP contribution is -2.15. The van der Waals surface area contributed by atoms with Gasteiger partial charge in [-0.1, -0.05) is 30.3 Å². The summed E-state index contributed by atoms with van der Waals surface area (Å²) < 4.78 is 0. The van der Waals surface area contributed by atoms with E-state index in [1.165, 1.54) is 17.1 Å². The minimum absolute atomic E-state index is 0.426. The van der Waals surface area contributed by atoms with Gasteiger partial charge in [-0.3, -0.25) is 0 Å². The molecule has 18 heavy (non-hydrogen) atoms. The molecule has 0 aliphatic carbocycles. The molecular formula is C16H20N2. The second kappa shape index (κ2) is 5.58. The van der Waals surface area contributed by atoms with E-state index in [0.717, 1.165) is 0 Å². The monoisotopic (exact) mass is 240 g/mol. The highest BCUT2D eigenvalue weighted by molar-refractivity contribution is 5.76. The van der Waals surface area contributed by atoms with Crippen LogP contribution in [0.25, 0.3) is 0 Å². The number of nitrogens with zero attached hydrogens (tertiary/aromatic N) is 1. The summed E-state index contributed by atoms with van der Waals surface area (Å²) in [5.41, 5.74) is 3.55. The zero-order chi connectivity index (χ0) is 13.0. The third-order valence-corrected chi connectivity index (χ3v) is 2.85. The fourth-order valence-corrected chi connectivity index (χ4v) is 1.99. The zero-order valence-corrected chi connectivity index (χ0v) is 11.2. The van der Waals surface area contributed by atoms with E-state index in [0.29, 0.717) is 6.04 Å². The largest absolute Gasteiger partial charge is 0.381 e. The van der Waals surface area contributed by atoms with Gasteiger partial charge in [0.2, 0.25) is 0 Å². The van der Waals surface area contributed by atoms with E-state index in [9.17, 15) is 0 Å². The highest BCUT2D eigenvalue weighted by Gasteiger charge is 2.08. The molecule has 0 amide bonds. The molecule has 0 unspecified atom stereocenters. The predicted molar refractivity (Wildman–Crippen MR) is 79.7 cm³/mol. The molecule has 2 nitrogen and oxygen atoms in total. The van der Waals surface area contributed by atoms with Crippen molar-refractivity contribution in [2.75, 3.05) is 17.3 Å². The maximum Gasteiger partial charge on any atom is 0.0643 e. The van der Waals surface area contributed by atoms with Crippen molar-refractivity contribution in [2.24, 2.45) is 0 Å². The predicted octanol–water partition coefficient (Wildman–Crippen LogP) is 4.27. The van der Waals surface area contributed by atoms with Crippen molar-refractivity contribution in [3.05, 3.63) is 54.6 Å². The van der Waals surface area contributed by atoms with Crippen LogP contribution in [0.4, 0.5) is 17.1 Å². The molecule has 0 aliphatic rings. The van der Waals surface area contributed by atoms with Crippen LogP contribution in [0.15, 0.2) is 54.6 Å². The number of hydrogen-bond donors (Lipinski definition) is 1. The van der Waals surface area contributed by atoms with E-state index in [4.69, 9.17) is 0 Å². The number of anilines is 3. The molecule has 0 radical (unpaired) electrons. The van der Waals surface area contributed by atoms with E-state index in [1.54, 1.807) is 0 Å².